The number of alkyl halides is 1. The summed E-state index contributed by atoms with van der Waals surface area (Å²) in [5.41, 5.74) is 0.653. The fraction of sp³-hybridized carbons (Fsp3) is 0.333. The van der Waals surface area contributed by atoms with Crippen LogP contribution >= 0.6 is 11.6 Å². The molecular formula is C12H13ClN2O2. The van der Waals surface area contributed by atoms with Gasteiger partial charge in [0.15, 0.2) is 6.61 Å². The van der Waals surface area contributed by atoms with E-state index in [1.807, 2.05) is 6.07 Å². The van der Waals surface area contributed by atoms with Crippen molar-refractivity contribution in [2.75, 3.05) is 17.8 Å². The zero-order valence-corrected chi connectivity index (χ0v) is 10.0. The molecule has 0 aliphatic heterocycles. The lowest BCUT2D eigenvalue weighted by Crippen LogP contribution is -2.11. The van der Waals surface area contributed by atoms with Crippen molar-refractivity contribution in [2.24, 2.45) is 0 Å². The van der Waals surface area contributed by atoms with E-state index in [1.165, 1.54) is 0 Å². The monoisotopic (exact) mass is 252 g/mol. The first-order valence-corrected chi connectivity index (χ1v) is 5.75. The lowest BCUT2D eigenvalue weighted by Gasteiger charge is -2.06. The molecule has 1 rings (SSSR count). The standard InChI is InChI=1S/C12H13ClN2O2/c13-6-2-5-12(16)15-10-3-1-4-11(9-10)17-8-7-14/h1,3-4,9H,2,5-6,8H2,(H,15,16). The molecule has 0 saturated carbocycles. The van der Waals surface area contributed by atoms with Gasteiger partial charge in [0.05, 0.1) is 0 Å². The fourth-order valence-corrected chi connectivity index (χ4v) is 1.36. The number of nitrogens with zero attached hydrogens (tertiary/aromatic N) is 1. The molecule has 0 heterocycles. The zero-order chi connectivity index (χ0) is 12.5. The number of rotatable bonds is 6. The summed E-state index contributed by atoms with van der Waals surface area (Å²) in [6.45, 7) is -0.0103. The van der Waals surface area contributed by atoms with Gasteiger partial charge >= 0.3 is 0 Å². The first-order valence-electron chi connectivity index (χ1n) is 5.22. The molecule has 0 aliphatic rings. The maximum absolute atomic E-state index is 11.4. The summed E-state index contributed by atoms with van der Waals surface area (Å²) in [7, 11) is 0. The SMILES string of the molecule is N#CCOc1cccc(NC(=O)CCCCl)c1. The highest BCUT2D eigenvalue weighted by Gasteiger charge is 2.02. The van der Waals surface area contributed by atoms with Crippen LogP contribution < -0.4 is 10.1 Å². The van der Waals surface area contributed by atoms with Crippen molar-refractivity contribution in [3.8, 4) is 11.8 Å². The molecule has 1 aromatic carbocycles. The van der Waals surface area contributed by atoms with Crippen LogP contribution in [-0.2, 0) is 4.79 Å². The van der Waals surface area contributed by atoms with Crippen molar-refractivity contribution < 1.29 is 9.53 Å². The molecule has 17 heavy (non-hydrogen) atoms. The van der Waals surface area contributed by atoms with Crippen LogP contribution in [0, 0.1) is 11.3 Å². The van der Waals surface area contributed by atoms with Gasteiger partial charge in [-0.15, -0.1) is 11.6 Å². The number of ether oxygens (including phenoxy) is 1. The van der Waals surface area contributed by atoms with Crippen LogP contribution in [0.15, 0.2) is 24.3 Å². The van der Waals surface area contributed by atoms with Crippen LogP contribution in [0.1, 0.15) is 12.8 Å². The molecule has 0 bridgehead atoms. The maximum atomic E-state index is 11.4. The molecule has 0 fully saturated rings. The number of amides is 1. The molecule has 0 spiro atoms. The molecule has 0 atom stereocenters. The molecule has 0 radical (unpaired) electrons. The summed E-state index contributed by atoms with van der Waals surface area (Å²) in [4.78, 5) is 11.4. The Labute approximate surface area is 105 Å². The minimum atomic E-state index is -0.0805. The maximum Gasteiger partial charge on any atom is 0.224 e. The Balaban J connectivity index is 2.53. The molecular weight excluding hydrogens is 240 g/mol. The number of nitrogens with one attached hydrogen (secondary N) is 1. The fourth-order valence-electron chi connectivity index (χ4n) is 1.23. The van der Waals surface area contributed by atoms with Crippen molar-refractivity contribution in [1.29, 1.82) is 5.26 Å². The van der Waals surface area contributed by atoms with Gasteiger partial charge in [0.1, 0.15) is 11.8 Å². The number of carbonyl (C=O) groups excluding carboxylic acids is 1. The molecule has 1 aromatic rings. The van der Waals surface area contributed by atoms with Crippen molar-refractivity contribution in [3.05, 3.63) is 24.3 Å². The van der Waals surface area contributed by atoms with Crippen LogP contribution in [0.4, 0.5) is 5.69 Å². The van der Waals surface area contributed by atoms with Crippen LogP contribution in [0.3, 0.4) is 0 Å². The summed E-state index contributed by atoms with van der Waals surface area (Å²) in [5, 5.41) is 11.1. The minimum Gasteiger partial charge on any atom is -0.479 e. The Hall–Kier alpha value is -1.73. The first-order chi connectivity index (χ1) is 8.26. The zero-order valence-electron chi connectivity index (χ0n) is 9.28. The molecule has 0 aromatic heterocycles. The van der Waals surface area contributed by atoms with Crippen LogP contribution in [0.2, 0.25) is 0 Å². The van der Waals surface area contributed by atoms with E-state index < -0.39 is 0 Å². The van der Waals surface area contributed by atoms with Gasteiger partial charge in [-0.3, -0.25) is 4.79 Å². The van der Waals surface area contributed by atoms with Crippen LogP contribution in [0.25, 0.3) is 0 Å². The van der Waals surface area contributed by atoms with Gasteiger partial charge in [0, 0.05) is 24.1 Å². The minimum absolute atomic E-state index is 0.0103. The van der Waals surface area contributed by atoms with Gasteiger partial charge in [-0.2, -0.15) is 5.26 Å². The second kappa shape index (κ2) is 7.53. The highest BCUT2D eigenvalue weighted by Crippen LogP contribution is 2.17. The Morgan fingerprint density at radius 3 is 3.06 bits per heavy atom. The molecule has 0 saturated heterocycles. The Bertz CT molecular complexity index is 415. The Kier molecular flexibility index (Phi) is 5.91. The lowest BCUT2D eigenvalue weighted by molar-refractivity contribution is -0.116. The van der Waals surface area contributed by atoms with Gasteiger partial charge < -0.3 is 10.1 Å². The number of carbonyl (C=O) groups is 1. The molecule has 1 amide bonds. The predicted octanol–water partition coefficient (Wildman–Crippen LogP) is 2.55. The number of anilines is 1. The largest absolute Gasteiger partial charge is 0.479 e. The third kappa shape index (κ3) is 5.23. The highest BCUT2D eigenvalue weighted by molar-refractivity contribution is 6.18. The molecule has 5 heteroatoms. The van der Waals surface area contributed by atoms with E-state index in [9.17, 15) is 4.79 Å². The van der Waals surface area contributed by atoms with E-state index >= 15 is 0 Å². The Morgan fingerprint density at radius 1 is 1.53 bits per heavy atom. The summed E-state index contributed by atoms with van der Waals surface area (Å²) >= 11 is 5.50. The topological polar surface area (TPSA) is 62.1 Å². The van der Waals surface area contributed by atoms with Gasteiger partial charge in [-0.1, -0.05) is 6.07 Å². The van der Waals surface area contributed by atoms with Crippen LogP contribution in [0.5, 0.6) is 5.75 Å². The van der Waals surface area contributed by atoms with E-state index in [1.54, 1.807) is 24.3 Å². The van der Waals surface area contributed by atoms with Crippen molar-refractivity contribution in [2.45, 2.75) is 12.8 Å². The number of nitriles is 1. The van der Waals surface area contributed by atoms with Gasteiger partial charge in [-0.25, -0.2) is 0 Å². The lowest BCUT2D eigenvalue weighted by atomic mass is 10.2. The molecule has 90 valence electrons. The highest BCUT2D eigenvalue weighted by atomic mass is 35.5. The normalized spacial score (nSPS) is 9.41. The number of hydrogen-bond donors (Lipinski definition) is 1. The number of halogens is 1. The van der Waals surface area contributed by atoms with Crippen LogP contribution in [-0.4, -0.2) is 18.4 Å². The first kappa shape index (κ1) is 13.3. The average Bonchev–Trinajstić information content (AvgIpc) is 2.34. The molecule has 0 unspecified atom stereocenters. The third-order valence-corrected chi connectivity index (χ3v) is 2.23. The van der Waals surface area contributed by atoms with E-state index in [-0.39, 0.29) is 12.5 Å². The Morgan fingerprint density at radius 2 is 2.35 bits per heavy atom. The second-order valence-corrected chi connectivity index (χ2v) is 3.69. The van der Waals surface area contributed by atoms with Crippen molar-refractivity contribution >= 4 is 23.2 Å². The number of benzene rings is 1. The quantitative estimate of drug-likeness (QED) is 0.792. The van der Waals surface area contributed by atoms with Gasteiger partial charge in [-0.05, 0) is 18.6 Å². The summed E-state index contributed by atoms with van der Waals surface area (Å²) < 4.78 is 5.13. The number of hydrogen-bond acceptors (Lipinski definition) is 3. The second-order valence-electron chi connectivity index (χ2n) is 3.32. The average molecular weight is 253 g/mol. The summed E-state index contributed by atoms with van der Waals surface area (Å²) in [6, 6.07) is 8.80. The van der Waals surface area contributed by atoms with Gasteiger partial charge in [0.2, 0.25) is 5.91 Å². The third-order valence-electron chi connectivity index (χ3n) is 1.96. The van der Waals surface area contributed by atoms with E-state index in [0.717, 1.165) is 0 Å². The van der Waals surface area contributed by atoms with E-state index in [4.69, 9.17) is 21.6 Å². The molecule has 0 aliphatic carbocycles. The predicted molar refractivity (Wildman–Crippen MR) is 66.1 cm³/mol. The van der Waals surface area contributed by atoms with Gasteiger partial charge in [0.25, 0.3) is 0 Å². The van der Waals surface area contributed by atoms with E-state index in [2.05, 4.69) is 5.32 Å². The summed E-state index contributed by atoms with van der Waals surface area (Å²) in [6.07, 6.45) is 1.05. The van der Waals surface area contributed by atoms with Crippen molar-refractivity contribution in [1.82, 2.24) is 0 Å². The smallest absolute Gasteiger partial charge is 0.224 e. The molecule has 1 N–H and O–H groups in total. The summed E-state index contributed by atoms with van der Waals surface area (Å²) in [5.74, 6) is 0.948. The van der Waals surface area contributed by atoms with E-state index in [0.29, 0.717) is 30.2 Å². The molecule has 4 nitrogen and oxygen atoms in total. The van der Waals surface area contributed by atoms with Crippen molar-refractivity contribution in [3.63, 3.8) is 0 Å².